The number of anilines is 1. The lowest BCUT2D eigenvalue weighted by molar-refractivity contribution is 0.194. The molecule has 1 aromatic carbocycles. The summed E-state index contributed by atoms with van der Waals surface area (Å²) in [6, 6.07) is 7.17. The monoisotopic (exact) mass is 296 g/mol. The fraction of sp³-hybridized carbons (Fsp3) is 0.571. The Morgan fingerprint density at radius 1 is 1.35 bits per heavy atom. The van der Waals surface area contributed by atoms with Crippen LogP contribution in [0.2, 0.25) is 0 Å². The number of hydrogen-bond donors (Lipinski definition) is 1. The highest BCUT2D eigenvalue weighted by Gasteiger charge is 2.18. The normalized spacial score (nSPS) is 21.5. The van der Waals surface area contributed by atoms with Crippen LogP contribution in [0.1, 0.15) is 24.8 Å². The van der Waals surface area contributed by atoms with Gasteiger partial charge in [0.2, 0.25) is 0 Å². The maximum absolute atomic E-state index is 3.55. The van der Waals surface area contributed by atoms with Gasteiger partial charge in [0.25, 0.3) is 0 Å². The van der Waals surface area contributed by atoms with Crippen LogP contribution in [0.15, 0.2) is 22.7 Å². The standard InChI is InChI=1S/C14H21BrN2/c1-11-7-12(15)9-13(8-11)16-10-14-5-3-4-6-17(14)2/h7-9,14,16H,3-6,10H2,1-2H3. The van der Waals surface area contributed by atoms with Crippen LogP contribution >= 0.6 is 15.9 Å². The zero-order valence-electron chi connectivity index (χ0n) is 10.7. The van der Waals surface area contributed by atoms with Gasteiger partial charge in [0, 0.05) is 22.7 Å². The largest absolute Gasteiger partial charge is 0.383 e. The van der Waals surface area contributed by atoms with E-state index in [1.807, 2.05) is 0 Å². The van der Waals surface area contributed by atoms with E-state index in [1.54, 1.807) is 0 Å². The average molecular weight is 297 g/mol. The van der Waals surface area contributed by atoms with Gasteiger partial charge < -0.3 is 10.2 Å². The predicted octanol–water partition coefficient (Wildman–Crippen LogP) is 3.65. The number of benzene rings is 1. The summed E-state index contributed by atoms with van der Waals surface area (Å²) in [7, 11) is 2.23. The summed E-state index contributed by atoms with van der Waals surface area (Å²) >= 11 is 3.54. The van der Waals surface area contributed by atoms with Gasteiger partial charge in [-0.1, -0.05) is 22.4 Å². The molecule has 3 heteroatoms. The van der Waals surface area contributed by atoms with Crippen molar-refractivity contribution in [2.24, 2.45) is 0 Å². The van der Waals surface area contributed by atoms with Gasteiger partial charge in [0.15, 0.2) is 0 Å². The summed E-state index contributed by atoms with van der Waals surface area (Å²) in [5.41, 5.74) is 2.51. The number of nitrogens with one attached hydrogen (secondary N) is 1. The van der Waals surface area contributed by atoms with Gasteiger partial charge >= 0.3 is 0 Å². The van der Waals surface area contributed by atoms with E-state index in [0.29, 0.717) is 6.04 Å². The van der Waals surface area contributed by atoms with Crippen molar-refractivity contribution in [3.05, 3.63) is 28.2 Å². The lowest BCUT2D eigenvalue weighted by Crippen LogP contribution is -2.40. The molecule has 1 aromatic rings. The van der Waals surface area contributed by atoms with E-state index < -0.39 is 0 Å². The Hall–Kier alpha value is -0.540. The van der Waals surface area contributed by atoms with Gasteiger partial charge in [-0.2, -0.15) is 0 Å². The molecule has 0 amide bonds. The Morgan fingerprint density at radius 3 is 2.88 bits per heavy atom. The Bertz CT molecular complexity index is 358. The minimum atomic E-state index is 0.683. The SMILES string of the molecule is Cc1cc(Br)cc(NCC2CCCCN2C)c1. The van der Waals surface area contributed by atoms with Crippen LogP contribution < -0.4 is 5.32 Å². The molecule has 0 aromatic heterocycles. The molecule has 94 valence electrons. The molecule has 1 saturated heterocycles. The van der Waals surface area contributed by atoms with Crippen LogP contribution in [0.5, 0.6) is 0 Å². The van der Waals surface area contributed by atoms with Crippen LogP contribution in [-0.4, -0.2) is 31.1 Å². The number of likely N-dealkylation sites (tertiary alicyclic amines) is 1. The molecule has 2 nitrogen and oxygen atoms in total. The molecule has 0 bridgehead atoms. The Morgan fingerprint density at radius 2 is 2.18 bits per heavy atom. The van der Waals surface area contributed by atoms with E-state index in [0.717, 1.165) is 11.0 Å². The number of piperidine rings is 1. The second-order valence-corrected chi connectivity index (χ2v) is 5.94. The lowest BCUT2D eigenvalue weighted by Gasteiger charge is -2.32. The van der Waals surface area contributed by atoms with Crippen LogP contribution in [0.4, 0.5) is 5.69 Å². The minimum absolute atomic E-state index is 0.683. The lowest BCUT2D eigenvalue weighted by atomic mass is 10.0. The molecule has 17 heavy (non-hydrogen) atoms. The molecule has 1 fully saturated rings. The Kier molecular flexibility index (Phi) is 4.46. The number of halogens is 1. The van der Waals surface area contributed by atoms with Crippen LogP contribution in [0.25, 0.3) is 0 Å². The van der Waals surface area contributed by atoms with E-state index in [4.69, 9.17) is 0 Å². The number of likely N-dealkylation sites (N-methyl/N-ethyl adjacent to an activating group) is 1. The third-order valence-corrected chi connectivity index (χ3v) is 3.96. The minimum Gasteiger partial charge on any atom is -0.383 e. The molecule has 0 aliphatic carbocycles. The molecule has 1 aliphatic heterocycles. The van der Waals surface area contributed by atoms with Gasteiger partial charge in [-0.25, -0.2) is 0 Å². The summed E-state index contributed by atoms with van der Waals surface area (Å²) < 4.78 is 1.15. The average Bonchev–Trinajstić information content (AvgIpc) is 2.27. The molecule has 2 rings (SSSR count). The van der Waals surface area contributed by atoms with Crippen LogP contribution in [-0.2, 0) is 0 Å². The first-order chi connectivity index (χ1) is 8.15. The summed E-state index contributed by atoms with van der Waals surface area (Å²) in [6.07, 6.45) is 4.04. The zero-order chi connectivity index (χ0) is 12.3. The maximum atomic E-state index is 3.55. The highest BCUT2D eigenvalue weighted by Crippen LogP contribution is 2.20. The fourth-order valence-electron chi connectivity index (χ4n) is 2.48. The first-order valence-corrected chi connectivity index (χ1v) is 7.16. The molecule has 0 saturated carbocycles. The van der Waals surface area contributed by atoms with E-state index in [1.165, 1.54) is 37.1 Å². The van der Waals surface area contributed by atoms with Crippen molar-refractivity contribution in [2.75, 3.05) is 25.5 Å². The third-order valence-electron chi connectivity index (χ3n) is 3.51. The zero-order valence-corrected chi connectivity index (χ0v) is 12.3. The molecular formula is C14H21BrN2. The molecule has 1 heterocycles. The number of nitrogens with zero attached hydrogens (tertiary/aromatic N) is 1. The van der Waals surface area contributed by atoms with Gasteiger partial charge in [-0.15, -0.1) is 0 Å². The molecule has 0 spiro atoms. The molecule has 1 unspecified atom stereocenters. The second-order valence-electron chi connectivity index (χ2n) is 5.03. The van der Waals surface area contributed by atoms with E-state index >= 15 is 0 Å². The first kappa shape index (κ1) is 12.9. The van der Waals surface area contributed by atoms with Crippen molar-refractivity contribution in [1.82, 2.24) is 4.90 Å². The summed E-state index contributed by atoms with van der Waals surface area (Å²) in [4.78, 5) is 2.47. The van der Waals surface area contributed by atoms with Gasteiger partial charge in [0.1, 0.15) is 0 Å². The highest BCUT2D eigenvalue weighted by molar-refractivity contribution is 9.10. The van der Waals surface area contributed by atoms with Crippen molar-refractivity contribution in [3.8, 4) is 0 Å². The van der Waals surface area contributed by atoms with Crippen molar-refractivity contribution < 1.29 is 0 Å². The van der Waals surface area contributed by atoms with E-state index in [9.17, 15) is 0 Å². The summed E-state index contributed by atoms with van der Waals surface area (Å²) in [5.74, 6) is 0. The molecule has 1 aliphatic rings. The van der Waals surface area contributed by atoms with Crippen LogP contribution in [0, 0.1) is 6.92 Å². The van der Waals surface area contributed by atoms with Gasteiger partial charge in [0.05, 0.1) is 0 Å². The molecule has 1 N–H and O–H groups in total. The third kappa shape index (κ3) is 3.71. The summed E-state index contributed by atoms with van der Waals surface area (Å²) in [5, 5.41) is 3.55. The summed E-state index contributed by atoms with van der Waals surface area (Å²) in [6.45, 7) is 4.42. The second kappa shape index (κ2) is 5.87. The number of rotatable bonds is 3. The Balaban J connectivity index is 1.92. The molecular weight excluding hydrogens is 276 g/mol. The number of hydrogen-bond acceptors (Lipinski definition) is 2. The first-order valence-electron chi connectivity index (χ1n) is 6.36. The smallest absolute Gasteiger partial charge is 0.0354 e. The van der Waals surface area contributed by atoms with E-state index in [-0.39, 0.29) is 0 Å². The molecule has 1 atom stereocenters. The Labute approximate surface area is 113 Å². The predicted molar refractivity (Wildman–Crippen MR) is 77.6 cm³/mol. The van der Waals surface area contributed by atoms with Gasteiger partial charge in [-0.05, 0) is 57.1 Å². The quantitative estimate of drug-likeness (QED) is 0.916. The van der Waals surface area contributed by atoms with Gasteiger partial charge in [-0.3, -0.25) is 0 Å². The van der Waals surface area contributed by atoms with Crippen molar-refractivity contribution in [1.29, 1.82) is 0 Å². The molecule has 0 radical (unpaired) electrons. The topological polar surface area (TPSA) is 15.3 Å². The maximum Gasteiger partial charge on any atom is 0.0354 e. The number of aryl methyl sites for hydroxylation is 1. The highest BCUT2D eigenvalue weighted by atomic mass is 79.9. The van der Waals surface area contributed by atoms with Crippen molar-refractivity contribution >= 4 is 21.6 Å². The van der Waals surface area contributed by atoms with Crippen molar-refractivity contribution in [2.45, 2.75) is 32.2 Å². The van der Waals surface area contributed by atoms with Crippen molar-refractivity contribution in [3.63, 3.8) is 0 Å². The fourth-order valence-corrected chi connectivity index (χ4v) is 3.08. The van der Waals surface area contributed by atoms with E-state index in [2.05, 4.69) is 58.3 Å². The van der Waals surface area contributed by atoms with Crippen LogP contribution in [0.3, 0.4) is 0 Å².